The van der Waals surface area contributed by atoms with Crippen LogP contribution >= 0.6 is 23.7 Å². The van der Waals surface area contributed by atoms with Gasteiger partial charge >= 0.3 is 0 Å². The minimum Gasteiger partial charge on any atom is -0.505 e. The summed E-state index contributed by atoms with van der Waals surface area (Å²) in [4.78, 5) is 27.7. The monoisotopic (exact) mass is 608 g/mol. The van der Waals surface area contributed by atoms with Crippen LogP contribution in [-0.4, -0.2) is 66.3 Å². The van der Waals surface area contributed by atoms with E-state index in [1.54, 1.807) is 17.0 Å². The minimum absolute atomic E-state index is 0. The number of nitrogens with one attached hydrogen (secondary N) is 2. The second-order valence-electron chi connectivity index (χ2n) is 9.56. The molecule has 2 aliphatic rings. The predicted molar refractivity (Wildman–Crippen MR) is 154 cm³/mol. The number of rotatable bonds is 8. The minimum atomic E-state index is -4.29. The first kappa shape index (κ1) is 29.5. The fraction of sp³-hybridized carbons (Fsp3) is 0.360. The van der Waals surface area contributed by atoms with Crippen LogP contribution in [0.5, 0.6) is 11.5 Å². The molecule has 0 unspecified atom stereocenters. The van der Waals surface area contributed by atoms with E-state index in [1.807, 2.05) is 19.2 Å². The molecule has 5 rings (SSSR count). The second-order valence-corrected chi connectivity index (χ2v) is 12.1. The van der Waals surface area contributed by atoms with Crippen molar-refractivity contribution < 1.29 is 23.1 Å². The van der Waals surface area contributed by atoms with Gasteiger partial charge in [-0.05, 0) is 35.9 Å². The molecule has 0 bridgehead atoms. The number of amidine groups is 1. The van der Waals surface area contributed by atoms with Crippen LogP contribution in [0.4, 0.5) is 5.69 Å². The summed E-state index contributed by atoms with van der Waals surface area (Å²) in [6.07, 6.45) is 0.654. The third-order valence-electron chi connectivity index (χ3n) is 6.31. The molecule has 1 aromatic carbocycles. The number of halogens is 1. The van der Waals surface area contributed by atoms with E-state index in [2.05, 4.69) is 20.1 Å². The fourth-order valence-corrected chi connectivity index (χ4v) is 6.03. The van der Waals surface area contributed by atoms with Gasteiger partial charge in [-0.15, -0.1) is 28.1 Å². The average Bonchev–Trinajstić information content (AvgIpc) is 3.62. The van der Waals surface area contributed by atoms with Crippen LogP contribution in [-0.2, 0) is 21.4 Å². The van der Waals surface area contributed by atoms with Gasteiger partial charge in [0, 0.05) is 25.7 Å². The van der Waals surface area contributed by atoms with E-state index >= 15 is 0 Å². The molecule has 1 saturated heterocycles. The topological polar surface area (TPSA) is 155 Å². The first-order chi connectivity index (χ1) is 18.6. The molecule has 2 aliphatic heterocycles. The standard InChI is InChI=1S/C25H28N6O6S2.ClH/c1-15(2)7-9-31-25(34)21(23(33)22(28-31)18-4-3-11-38-18)24-27-17-6-5-16(12-19(17)39(35,36)29-24)37-13-20(32)30-10-8-26-14-30;/h3-6,11-12,15,26,33H,7-10,13-14H2,1-2H3,(H,27,29);1H. The van der Waals surface area contributed by atoms with Gasteiger partial charge in [-0.3, -0.25) is 14.9 Å². The maximum Gasteiger partial charge on any atom is 0.286 e. The van der Waals surface area contributed by atoms with Gasteiger partial charge in [-0.1, -0.05) is 19.9 Å². The molecule has 0 saturated carbocycles. The second kappa shape index (κ2) is 12.0. The van der Waals surface area contributed by atoms with Crippen molar-refractivity contribution in [1.29, 1.82) is 0 Å². The van der Waals surface area contributed by atoms with E-state index in [-0.39, 0.29) is 70.8 Å². The highest BCUT2D eigenvalue weighted by atomic mass is 35.5. The Kier molecular flexibility index (Phi) is 8.83. The average molecular weight is 609 g/mol. The number of carbonyl (C=O) groups excluding carboxylic acids is 1. The van der Waals surface area contributed by atoms with Gasteiger partial charge in [0.15, 0.2) is 18.2 Å². The number of amides is 1. The van der Waals surface area contributed by atoms with Crippen molar-refractivity contribution in [3.05, 3.63) is 51.6 Å². The SMILES string of the molecule is CC(C)CCn1nc(-c2cccs2)c(O)c(C2=NS(=O)(=O)c3cc(OCC(=O)N4CCNC4)ccc3N2)c1=O.Cl. The Balaban J connectivity index is 0.00000370. The van der Waals surface area contributed by atoms with Gasteiger partial charge in [0.05, 0.1) is 17.2 Å². The molecular weight excluding hydrogens is 580 g/mol. The summed E-state index contributed by atoms with van der Waals surface area (Å²) in [5.41, 5.74) is -0.619. The van der Waals surface area contributed by atoms with Crippen LogP contribution < -0.4 is 20.9 Å². The van der Waals surface area contributed by atoms with E-state index in [1.165, 1.54) is 34.2 Å². The van der Waals surface area contributed by atoms with E-state index in [4.69, 9.17) is 4.74 Å². The van der Waals surface area contributed by atoms with Crippen LogP contribution in [0, 0.1) is 5.92 Å². The maximum absolute atomic E-state index is 13.4. The molecule has 0 atom stereocenters. The Bertz CT molecular complexity index is 1600. The smallest absolute Gasteiger partial charge is 0.286 e. The fourth-order valence-electron chi connectivity index (χ4n) is 4.18. The van der Waals surface area contributed by atoms with Crippen molar-refractivity contribution in [2.45, 2.75) is 31.7 Å². The molecule has 0 aliphatic carbocycles. The molecule has 1 amide bonds. The number of aryl methyl sites for hydroxylation is 1. The third-order valence-corrected chi connectivity index (χ3v) is 8.50. The summed E-state index contributed by atoms with van der Waals surface area (Å²) in [6.45, 7) is 5.80. The number of aromatic nitrogens is 2. The number of aromatic hydroxyl groups is 1. The molecule has 4 heterocycles. The highest BCUT2D eigenvalue weighted by molar-refractivity contribution is 7.90. The Hall–Kier alpha value is -3.46. The van der Waals surface area contributed by atoms with Crippen molar-refractivity contribution >= 4 is 51.2 Å². The van der Waals surface area contributed by atoms with Gasteiger partial charge in [0.1, 0.15) is 21.9 Å². The van der Waals surface area contributed by atoms with Crippen molar-refractivity contribution in [2.75, 3.05) is 31.7 Å². The summed E-state index contributed by atoms with van der Waals surface area (Å²) in [7, 11) is -4.29. The maximum atomic E-state index is 13.4. The molecular formula is C25H29ClN6O6S2. The van der Waals surface area contributed by atoms with Crippen LogP contribution in [0.1, 0.15) is 25.8 Å². The van der Waals surface area contributed by atoms with Gasteiger partial charge in [-0.2, -0.15) is 13.5 Å². The van der Waals surface area contributed by atoms with Gasteiger partial charge in [-0.25, -0.2) is 4.68 Å². The van der Waals surface area contributed by atoms with E-state index in [0.29, 0.717) is 31.1 Å². The number of hydrogen-bond donors (Lipinski definition) is 3. The van der Waals surface area contributed by atoms with E-state index in [9.17, 15) is 23.1 Å². The van der Waals surface area contributed by atoms with Crippen molar-refractivity contribution in [3.8, 4) is 22.1 Å². The Morgan fingerprint density at radius 3 is 2.75 bits per heavy atom. The number of carbonyl (C=O) groups is 1. The van der Waals surface area contributed by atoms with Crippen molar-refractivity contribution in [2.24, 2.45) is 10.3 Å². The number of nitrogens with zero attached hydrogens (tertiary/aromatic N) is 4. The molecule has 3 aromatic rings. The molecule has 2 aromatic heterocycles. The molecule has 1 fully saturated rings. The van der Waals surface area contributed by atoms with Gasteiger partial charge < -0.3 is 20.1 Å². The Morgan fingerprint density at radius 1 is 1.27 bits per heavy atom. The predicted octanol–water partition coefficient (Wildman–Crippen LogP) is 2.47. The lowest BCUT2D eigenvalue weighted by Gasteiger charge is -2.21. The van der Waals surface area contributed by atoms with Crippen LogP contribution in [0.2, 0.25) is 0 Å². The number of fused-ring (bicyclic) bond motifs is 1. The summed E-state index contributed by atoms with van der Waals surface area (Å²) in [5, 5.41) is 23.3. The molecule has 214 valence electrons. The summed E-state index contributed by atoms with van der Waals surface area (Å²) in [5.74, 6) is -0.502. The van der Waals surface area contributed by atoms with E-state index < -0.39 is 21.3 Å². The van der Waals surface area contributed by atoms with Crippen molar-refractivity contribution in [1.82, 2.24) is 20.0 Å². The molecule has 40 heavy (non-hydrogen) atoms. The largest absolute Gasteiger partial charge is 0.505 e. The molecule has 0 spiro atoms. The molecule has 3 N–H and O–H groups in total. The Labute approximate surface area is 241 Å². The number of ether oxygens (including phenoxy) is 1. The van der Waals surface area contributed by atoms with Crippen molar-refractivity contribution in [3.63, 3.8) is 0 Å². The first-order valence-electron chi connectivity index (χ1n) is 12.4. The zero-order valence-corrected chi connectivity index (χ0v) is 24.2. The Morgan fingerprint density at radius 2 is 2.08 bits per heavy atom. The zero-order valence-electron chi connectivity index (χ0n) is 21.8. The number of anilines is 1. The molecule has 12 nitrogen and oxygen atoms in total. The van der Waals surface area contributed by atoms with Gasteiger partial charge in [0.2, 0.25) is 0 Å². The normalized spacial score (nSPS) is 15.7. The highest BCUT2D eigenvalue weighted by Gasteiger charge is 2.31. The highest BCUT2D eigenvalue weighted by Crippen LogP contribution is 2.36. The summed E-state index contributed by atoms with van der Waals surface area (Å²) >= 11 is 1.33. The summed E-state index contributed by atoms with van der Waals surface area (Å²) < 4.78 is 37.1. The lowest BCUT2D eigenvalue weighted by Crippen LogP contribution is -2.34. The number of thiophene rings is 1. The lowest BCUT2D eigenvalue weighted by molar-refractivity contribution is -0.132. The van der Waals surface area contributed by atoms with E-state index in [0.717, 1.165) is 0 Å². The van der Waals surface area contributed by atoms with Gasteiger partial charge in [0.25, 0.3) is 21.5 Å². The van der Waals surface area contributed by atoms with Crippen LogP contribution in [0.15, 0.2) is 49.8 Å². The zero-order chi connectivity index (χ0) is 27.7. The number of sulfonamides is 1. The third kappa shape index (κ3) is 5.99. The molecule has 0 radical (unpaired) electrons. The first-order valence-corrected chi connectivity index (χ1v) is 14.7. The quantitative estimate of drug-likeness (QED) is 0.350. The number of benzene rings is 1. The van der Waals surface area contributed by atoms with Crippen LogP contribution in [0.25, 0.3) is 10.6 Å². The van der Waals surface area contributed by atoms with Crippen LogP contribution in [0.3, 0.4) is 0 Å². The molecule has 15 heteroatoms. The summed E-state index contributed by atoms with van der Waals surface area (Å²) in [6, 6.07) is 7.80. The lowest BCUT2D eigenvalue weighted by atomic mass is 10.1. The number of hydrogen-bond acceptors (Lipinski definition) is 10.